The first-order valence-electron chi connectivity index (χ1n) is 6.75. The molecule has 0 aliphatic rings. The molecular formula is C15H21ClN2O3. The van der Waals surface area contributed by atoms with Gasteiger partial charge in [0.1, 0.15) is 11.6 Å². The van der Waals surface area contributed by atoms with E-state index in [0.29, 0.717) is 17.1 Å². The van der Waals surface area contributed by atoms with Crippen molar-refractivity contribution >= 4 is 23.6 Å². The molecule has 0 fully saturated rings. The first kappa shape index (κ1) is 17.3. The summed E-state index contributed by atoms with van der Waals surface area (Å²) >= 11 is 5.84. The minimum absolute atomic E-state index is 0.300. The second-order valence-corrected chi connectivity index (χ2v) is 5.96. The van der Waals surface area contributed by atoms with Crippen LogP contribution in [0.4, 0.5) is 4.79 Å². The highest BCUT2D eigenvalue weighted by Gasteiger charge is 2.25. The third kappa shape index (κ3) is 6.04. The Bertz CT molecular complexity index is 495. The molecule has 2 amide bonds. The van der Waals surface area contributed by atoms with Gasteiger partial charge in [-0.1, -0.05) is 23.7 Å². The van der Waals surface area contributed by atoms with Crippen LogP contribution in [0.2, 0.25) is 5.02 Å². The summed E-state index contributed by atoms with van der Waals surface area (Å²) in [6.45, 7) is 7.56. The van der Waals surface area contributed by atoms with Gasteiger partial charge in [0.05, 0.1) is 0 Å². The zero-order valence-electron chi connectivity index (χ0n) is 12.7. The molecule has 21 heavy (non-hydrogen) atoms. The molecule has 2 N–H and O–H groups in total. The summed E-state index contributed by atoms with van der Waals surface area (Å²) in [5.41, 5.74) is 0.00627. The molecule has 116 valence electrons. The molecule has 0 heterocycles. The molecule has 6 heteroatoms. The first-order valence-corrected chi connectivity index (χ1v) is 7.13. The molecule has 1 aromatic rings. The van der Waals surface area contributed by atoms with Gasteiger partial charge >= 0.3 is 6.09 Å². The maximum Gasteiger partial charge on any atom is 0.408 e. The molecule has 1 unspecified atom stereocenters. The second-order valence-electron chi connectivity index (χ2n) is 5.53. The summed E-state index contributed by atoms with van der Waals surface area (Å²) in [6.07, 6.45) is -0.645. The van der Waals surface area contributed by atoms with Crippen molar-refractivity contribution < 1.29 is 14.3 Å². The Balaban J connectivity index is 2.90. The van der Waals surface area contributed by atoms with Crippen LogP contribution in [0.5, 0.6) is 0 Å². The quantitative estimate of drug-likeness (QED) is 0.898. The molecular weight excluding hydrogens is 292 g/mol. The fourth-order valence-corrected chi connectivity index (χ4v) is 1.78. The van der Waals surface area contributed by atoms with Crippen LogP contribution in [0, 0.1) is 0 Å². The summed E-state index contributed by atoms with van der Waals surface area (Å²) in [5, 5.41) is 5.82. The highest BCUT2D eigenvalue weighted by molar-refractivity contribution is 6.30. The average Bonchev–Trinajstić information content (AvgIpc) is 2.35. The third-order valence-corrected chi connectivity index (χ3v) is 2.73. The highest BCUT2D eigenvalue weighted by atomic mass is 35.5. The van der Waals surface area contributed by atoms with Gasteiger partial charge in [0.2, 0.25) is 5.91 Å². The van der Waals surface area contributed by atoms with Gasteiger partial charge in [-0.25, -0.2) is 4.79 Å². The van der Waals surface area contributed by atoms with Crippen molar-refractivity contribution in [3.8, 4) is 0 Å². The van der Waals surface area contributed by atoms with E-state index in [4.69, 9.17) is 16.3 Å². The third-order valence-electron chi connectivity index (χ3n) is 2.48. The van der Waals surface area contributed by atoms with Crippen LogP contribution in [-0.4, -0.2) is 24.1 Å². The monoisotopic (exact) mass is 312 g/mol. The number of benzene rings is 1. The maximum atomic E-state index is 12.1. The number of alkyl carbamates (subject to hydrolysis) is 1. The van der Waals surface area contributed by atoms with Gasteiger partial charge in [0.25, 0.3) is 0 Å². The zero-order valence-corrected chi connectivity index (χ0v) is 13.5. The predicted octanol–water partition coefficient (Wildman–Crippen LogP) is 3.04. The Kier molecular flexibility index (Phi) is 6.03. The van der Waals surface area contributed by atoms with Crippen molar-refractivity contribution in [2.75, 3.05) is 6.54 Å². The van der Waals surface area contributed by atoms with E-state index in [0.717, 1.165) is 0 Å². The fourth-order valence-electron chi connectivity index (χ4n) is 1.66. The number of amides is 2. The van der Waals surface area contributed by atoms with Crippen LogP contribution in [0.3, 0.4) is 0 Å². The van der Waals surface area contributed by atoms with Crippen molar-refractivity contribution in [3.63, 3.8) is 0 Å². The Morgan fingerprint density at radius 2 is 1.81 bits per heavy atom. The van der Waals surface area contributed by atoms with Gasteiger partial charge < -0.3 is 15.4 Å². The van der Waals surface area contributed by atoms with Gasteiger partial charge in [-0.3, -0.25) is 4.79 Å². The summed E-state index contributed by atoms with van der Waals surface area (Å²) in [6, 6.07) is 5.90. The Labute approximate surface area is 130 Å². The van der Waals surface area contributed by atoms with E-state index in [9.17, 15) is 9.59 Å². The standard InChI is InChI=1S/C15H21ClN2O3/c1-5-17-13(19)12(10-6-8-11(16)9-7-10)18-14(20)21-15(2,3)4/h6-9,12H,5H2,1-4H3,(H,17,19)(H,18,20). The van der Waals surface area contributed by atoms with Crippen molar-refractivity contribution in [1.29, 1.82) is 0 Å². The average molecular weight is 313 g/mol. The summed E-state index contributed by atoms with van der Waals surface area (Å²) in [4.78, 5) is 24.0. The molecule has 0 saturated carbocycles. The zero-order chi connectivity index (χ0) is 16.0. The van der Waals surface area contributed by atoms with E-state index in [1.165, 1.54) is 0 Å². The van der Waals surface area contributed by atoms with E-state index < -0.39 is 17.7 Å². The molecule has 5 nitrogen and oxygen atoms in total. The van der Waals surface area contributed by atoms with E-state index in [1.54, 1.807) is 45.0 Å². The number of carbonyl (C=O) groups excluding carboxylic acids is 2. The van der Waals surface area contributed by atoms with Gasteiger partial charge in [0.15, 0.2) is 0 Å². The summed E-state index contributed by atoms with van der Waals surface area (Å²) < 4.78 is 5.19. The van der Waals surface area contributed by atoms with E-state index in [2.05, 4.69) is 10.6 Å². The van der Waals surface area contributed by atoms with Gasteiger partial charge in [-0.2, -0.15) is 0 Å². The number of halogens is 1. The van der Waals surface area contributed by atoms with E-state index in [1.807, 2.05) is 6.92 Å². The van der Waals surface area contributed by atoms with Crippen LogP contribution in [0.1, 0.15) is 39.3 Å². The largest absolute Gasteiger partial charge is 0.444 e. The maximum absolute atomic E-state index is 12.1. The highest BCUT2D eigenvalue weighted by Crippen LogP contribution is 2.18. The van der Waals surface area contributed by atoms with E-state index >= 15 is 0 Å². The van der Waals surface area contributed by atoms with Crippen molar-refractivity contribution in [3.05, 3.63) is 34.9 Å². The molecule has 0 aliphatic carbocycles. The molecule has 0 aliphatic heterocycles. The van der Waals surface area contributed by atoms with Gasteiger partial charge in [0, 0.05) is 11.6 Å². The lowest BCUT2D eigenvalue weighted by Gasteiger charge is -2.23. The number of likely N-dealkylation sites (N-methyl/N-ethyl adjacent to an activating group) is 1. The topological polar surface area (TPSA) is 67.4 Å². The summed E-state index contributed by atoms with van der Waals surface area (Å²) in [7, 11) is 0. The second kappa shape index (κ2) is 7.31. The smallest absolute Gasteiger partial charge is 0.408 e. The van der Waals surface area contributed by atoms with Crippen molar-refractivity contribution in [2.45, 2.75) is 39.3 Å². The molecule has 1 atom stereocenters. The number of hydrogen-bond acceptors (Lipinski definition) is 3. The van der Waals surface area contributed by atoms with Crippen LogP contribution in [0.15, 0.2) is 24.3 Å². The number of nitrogens with one attached hydrogen (secondary N) is 2. The van der Waals surface area contributed by atoms with Crippen LogP contribution < -0.4 is 10.6 Å². The Morgan fingerprint density at radius 3 is 2.29 bits per heavy atom. The fraction of sp³-hybridized carbons (Fsp3) is 0.467. The van der Waals surface area contributed by atoms with E-state index in [-0.39, 0.29) is 5.91 Å². The lowest BCUT2D eigenvalue weighted by atomic mass is 10.1. The molecule has 0 bridgehead atoms. The lowest BCUT2D eigenvalue weighted by molar-refractivity contribution is -0.123. The molecule has 1 aromatic carbocycles. The minimum atomic E-state index is -0.822. The SMILES string of the molecule is CCNC(=O)C(NC(=O)OC(C)(C)C)c1ccc(Cl)cc1. The molecule has 0 spiro atoms. The minimum Gasteiger partial charge on any atom is -0.444 e. The number of hydrogen-bond donors (Lipinski definition) is 2. The molecule has 0 radical (unpaired) electrons. The molecule has 0 aromatic heterocycles. The first-order chi connectivity index (χ1) is 9.73. The number of rotatable bonds is 4. The Morgan fingerprint density at radius 1 is 1.24 bits per heavy atom. The number of carbonyl (C=O) groups is 2. The lowest BCUT2D eigenvalue weighted by Crippen LogP contribution is -2.42. The summed E-state index contributed by atoms with van der Waals surface area (Å²) in [5.74, 6) is -0.300. The Hall–Kier alpha value is -1.75. The van der Waals surface area contributed by atoms with Crippen LogP contribution in [0.25, 0.3) is 0 Å². The van der Waals surface area contributed by atoms with Gasteiger partial charge in [-0.15, -0.1) is 0 Å². The number of ether oxygens (including phenoxy) is 1. The van der Waals surface area contributed by atoms with Crippen molar-refractivity contribution in [1.82, 2.24) is 10.6 Å². The molecule has 1 rings (SSSR count). The normalized spacial score (nSPS) is 12.4. The predicted molar refractivity (Wildman–Crippen MR) is 82.2 cm³/mol. The van der Waals surface area contributed by atoms with Crippen LogP contribution >= 0.6 is 11.6 Å². The van der Waals surface area contributed by atoms with Gasteiger partial charge in [-0.05, 0) is 45.4 Å². The molecule has 0 saturated heterocycles. The van der Waals surface area contributed by atoms with Crippen molar-refractivity contribution in [2.24, 2.45) is 0 Å². The van der Waals surface area contributed by atoms with Crippen LogP contribution in [-0.2, 0) is 9.53 Å².